The molecule has 1 saturated carbocycles. The second-order valence-corrected chi connectivity index (χ2v) is 6.22. The van der Waals surface area contributed by atoms with Crippen molar-refractivity contribution in [2.45, 2.75) is 64.2 Å². The molecule has 1 heterocycles. The van der Waals surface area contributed by atoms with Crippen LogP contribution in [0.4, 0.5) is 0 Å². The van der Waals surface area contributed by atoms with E-state index >= 15 is 0 Å². The Morgan fingerprint density at radius 1 is 1.31 bits per heavy atom. The fraction of sp³-hybridized carbons (Fsp3) is 0.857. The van der Waals surface area contributed by atoms with E-state index in [0.29, 0.717) is 0 Å². The van der Waals surface area contributed by atoms with Crippen molar-refractivity contribution in [1.82, 2.24) is 4.90 Å². The molecule has 16 heavy (non-hydrogen) atoms. The number of unbranched alkanes of at least 4 members (excludes halogenated alkanes) is 1. The lowest BCUT2D eigenvalue weighted by Crippen LogP contribution is -2.35. The molecule has 0 N–H and O–H groups in total. The van der Waals surface area contributed by atoms with Crippen LogP contribution >= 0.6 is 11.8 Å². The Labute approximate surface area is 105 Å². The summed E-state index contributed by atoms with van der Waals surface area (Å²) >= 11 is 2.08. The van der Waals surface area contributed by atoms with Gasteiger partial charge in [-0.1, -0.05) is 32.6 Å². The topological polar surface area (TPSA) is 3.24 Å². The second kappa shape index (κ2) is 6.00. The molecule has 0 bridgehead atoms. The highest BCUT2D eigenvalue weighted by Gasteiger charge is 2.31. The molecule has 0 spiro atoms. The first kappa shape index (κ1) is 12.3. The van der Waals surface area contributed by atoms with Crippen LogP contribution in [0.15, 0.2) is 11.1 Å². The fourth-order valence-electron chi connectivity index (χ4n) is 2.93. The van der Waals surface area contributed by atoms with Crippen LogP contribution in [-0.2, 0) is 0 Å². The molecular weight excluding hydrogens is 214 g/mol. The predicted octanol–water partition coefficient (Wildman–Crippen LogP) is 4.60. The van der Waals surface area contributed by atoms with Gasteiger partial charge in [0.05, 0.1) is 5.37 Å². The van der Waals surface area contributed by atoms with Crippen LogP contribution in [0.5, 0.6) is 0 Å². The number of thioether (sulfide) groups is 1. The molecule has 1 aliphatic heterocycles. The van der Waals surface area contributed by atoms with Gasteiger partial charge in [-0.25, -0.2) is 0 Å². The number of allylic oxidation sites excluding steroid dienone is 1. The van der Waals surface area contributed by atoms with Crippen LogP contribution in [0.3, 0.4) is 0 Å². The van der Waals surface area contributed by atoms with Crippen molar-refractivity contribution in [3.8, 4) is 0 Å². The molecule has 2 aliphatic rings. The molecule has 2 rings (SSSR count). The van der Waals surface area contributed by atoms with E-state index in [4.69, 9.17) is 0 Å². The Balaban J connectivity index is 1.92. The van der Waals surface area contributed by atoms with Gasteiger partial charge in [-0.05, 0) is 37.5 Å². The third-order valence-electron chi connectivity index (χ3n) is 3.94. The van der Waals surface area contributed by atoms with Gasteiger partial charge in [0.1, 0.15) is 0 Å². The zero-order chi connectivity index (χ0) is 11.4. The van der Waals surface area contributed by atoms with Gasteiger partial charge in [-0.3, -0.25) is 0 Å². The Morgan fingerprint density at radius 2 is 2.06 bits per heavy atom. The summed E-state index contributed by atoms with van der Waals surface area (Å²) in [7, 11) is 0. The second-order valence-electron chi connectivity index (χ2n) is 5.23. The highest BCUT2D eigenvalue weighted by atomic mass is 32.2. The van der Waals surface area contributed by atoms with Crippen LogP contribution < -0.4 is 0 Å². The van der Waals surface area contributed by atoms with E-state index < -0.39 is 0 Å². The van der Waals surface area contributed by atoms with Crippen molar-refractivity contribution >= 4 is 11.8 Å². The highest BCUT2D eigenvalue weighted by Crippen LogP contribution is 2.41. The van der Waals surface area contributed by atoms with Gasteiger partial charge >= 0.3 is 0 Å². The molecule has 1 nitrogen and oxygen atoms in total. The van der Waals surface area contributed by atoms with Gasteiger partial charge < -0.3 is 4.90 Å². The minimum atomic E-state index is 0.770. The van der Waals surface area contributed by atoms with Gasteiger partial charge in [0, 0.05) is 12.2 Å². The molecule has 2 heteroatoms. The molecule has 0 amide bonds. The molecule has 0 saturated heterocycles. The molecule has 1 atom stereocenters. The van der Waals surface area contributed by atoms with Crippen molar-refractivity contribution in [2.24, 2.45) is 5.92 Å². The average Bonchev–Trinajstić information content (AvgIpc) is 2.69. The van der Waals surface area contributed by atoms with Crippen molar-refractivity contribution < 1.29 is 0 Å². The number of nitrogens with zero attached hydrogens (tertiary/aromatic N) is 1. The van der Waals surface area contributed by atoms with E-state index in [0.717, 1.165) is 11.3 Å². The van der Waals surface area contributed by atoms with Crippen molar-refractivity contribution in [1.29, 1.82) is 0 Å². The van der Waals surface area contributed by atoms with Gasteiger partial charge in [-0.2, -0.15) is 0 Å². The maximum atomic E-state index is 2.67. The number of rotatable bonds is 4. The van der Waals surface area contributed by atoms with E-state index in [1.807, 2.05) is 0 Å². The zero-order valence-electron chi connectivity index (χ0n) is 10.7. The van der Waals surface area contributed by atoms with E-state index in [2.05, 4.69) is 35.9 Å². The van der Waals surface area contributed by atoms with Gasteiger partial charge in [0.25, 0.3) is 0 Å². The SMILES string of the molecule is CCCCN1C(C)=CSC1C1CCCCC1. The fourth-order valence-corrected chi connectivity index (χ4v) is 4.31. The van der Waals surface area contributed by atoms with Crippen molar-refractivity contribution in [3.63, 3.8) is 0 Å². The molecule has 0 aromatic carbocycles. The maximum absolute atomic E-state index is 2.67. The number of hydrogen-bond donors (Lipinski definition) is 0. The minimum absolute atomic E-state index is 0.770. The summed E-state index contributed by atoms with van der Waals surface area (Å²) in [5, 5.41) is 3.15. The van der Waals surface area contributed by atoms with E-state index in [1.54, 1.807) is 0 Å². The maximum Gasteiger partial charge on any atom is 0.0816 e. The Morgan fingerprint density at radius 3 is 2.75 bits per heavy atom. The first-order valence-electron chi connectivity index (χ1n) is 6.92. The molecule has 1 fully saturated rings. The third-order valence-corrected chi connectivity index (χ3v) is 5.34. The lowest BCUT2D eigenvalue weighted by Gasteiger charge is -2.35. The smallest absolute Gasteiger partial charge is 0.0816 e. The van der Waals surface area contributed by atoms with Crippen LogP contribution in [-0.4, -0.2) is 16.8 Å². The standard InChI is InChI=1S/C14H25NS/c1-3-4-10-15-12(2)11-16-14(15)13-8-6-5-7-9-13/h11,13-14H,3-10H2,1-2H3. The Hall–Kier alpha value is -0.110. The molecule has 0 aromatic heterocycles. The molecular formula is C14H25NS. The van der Waals surface area contributed by atoms with Gasteiger partial charge in [0.15, 0.2) is 0 Å². The van der Waals surface area contributed by atoms with Crippen LogP contribution in [0.2, 0.25) is 0 Å². The summed E-state index contributed by atoms with van der Waals surface area (Å²) in [5.74, 6) is 0.948. The summed E-state index contributed by atoms with van der Waals surface area (Å²) in [6, 6.07) is 0. The van der Waals surface area contributed by atoms with E-state index in [9.17, 15) is 0 Å². The minimum Gasteiger partial charge on any atom is -0.362 e. The molecule has 0 aromatic rings. The largest absolute Gasteiger partial charge is 0.362 e. The van der Waals surface area contributed by atoms with Crippen LogP contribution in [0, 0.1) is 5.92 Å². The van der Waals surface area contributed by atoms with E-state index in [1.165, 1.54) is 57.2 Å². The molecule has 1 aliphatic carbocycles. The first-order valence-corrected chi connectivity index (χ1v) is 7.86. The molecule has 1 unspecified atom stereocenters. The van der Waals surface area contributed by atoms with Crippen LogP contribution in [0.25, 0.3) is 0 Å². The highest BCUT2D eigenvalue weighted by molar-refractivity contribution is 8.02. The lowest BCUT2D eigenvalue weighted by molar-refractivity contribution is 0.218. The Bertz CT molecular complexity index is 243. The quantitative estimate of drug-likeness (QED) is 0.705. The lowest BCUT2D eigenvalue weighted by atomic mass is 9.88. The summed E-state index contributed by atoms with van der Waals surface area (Å²) in [6.45, 7) is 5.84. The van der Waals surface area contributed by atoms with Gasteiger partial charge in [-0.15, -0.1) is 11.8 Å². The first-order chi connectivity index (χ1) is 7.83. The third kappa shape index (κ3) is 2.77. The van der Waals surface area contributed by atoms with Crippen molar-refractivity contribution in [2.75, 3.05) is 6.54 Å². The van der Waals surface area contributed by atoms with Gasteiger partial charge in [0.2, 0.25) is 0 Å². The average molecular weight is 239 g/mol. The molecule has 0 radical (unpaired) electrons. The van der Waals surface area contributed by atoms with Crippen LogP contribution in [0.1, 0.15) is 58.8 Å². The monoisotopic (exact) mass is 239 g/mol. The Kier molecular flexibility index (Phi) is 4.63. The zero-order valence-corrected chi connectivity index (χ0v) is 11.6. The normalized spacial score (nSPS) is 27.2. The number of hydrogen-bond acceptors (Lipinski definition) is 2. The van der Waals surface area contributed by atoms with E-state index in [-0.39, 0.29) is 0 Å². The summed E-state index contributed by atoms with van der Waals surface area (Å²) < 4.78 is 0. The summed E-state index contributed by atoms with van der Waals surface area (Å²) in [4.78, 5) is 2.67. The predicted molar refractivity (Wildman–Crippen MR) is 73.3 cm³/mol. The summed E-state index contributed by atoms with van der Waals surface area (Å²) in [6.07, 6.45) is 9.96. The summed E-state index contributed by atoms with van der Waals surface area (Å²) in [5.41, 5.74) is 1.51. The molecule has 92 valence electrons. The van der Waals surface area contributed by atoms with Crippen molar-refractivity contribution in [3.05, 3.63) is 11.1 Å².